The molecular formula is C9H14O. The average molecular weight is 138 g/mol. The summed E-state index contributed by atoms with van der Waals surface area (Å²) in [5.41, 5.74) is 1.17. The van der Waals surface area contributed by atoms with Crippen molar-refractivity contribution in [2.24, 2.45) is 11.8 Å². The summed E-state index contributed by atoms with van der Waals surface area (Å²) in [6.07, 6.45) is 1.75. The quantitative estimate of drug-likeness (QED) is 0.546. The van der Waals surface area contributed by atoms with Crippen LogP contribution in [-0.4, -0.2) is 5.78 Å². The van der Waals surface area contributed by atoms with Gasteiger partial charge in [-0.1, -0.05) is 19.1 Å². The van der Waals surface area contributed by atoms with E-state index in [1.165, 1.54) is 5.57 Å². The van der Waals surface area contributed by atoms with E-state index < -0.39 is 0 Å². The van der Waals surface area contributed by atoms with E-state index >= 15 is 0 Å². The van der Waals surface area contributed by atoms with Crippen LogP contribution in [0.15, 0.2) is 12.2 Å². The molecule has 0 unspecified atom stereocenters. The smallest absolute Gasteiger partial charge is 0.136 e. The molecule has 1 heteroatoms. The minimum absolute atomic E-state index is 0.336. The summed E-state index contributed by atoms with van der Waals surface area (Å²) in [5, 5.41) is 0. The number of Topliss-reactive ketones (excluding diaryl/α,β-unsaturated/α-hetero) is 1. The van der Waals surface area contributed by atoms with Gasteiger partial charge in [0.25, 0.3) is 0 Å². The van der Waals surface area contributed by atoms with Crippen LogP contribution in [-0.2, 0) is 4.79 Å². The number of hydrogen-bond donors (Lipinski definition) is 0. The number of ketones is 1. The molecular weight excluding hydrogens is 124 g/mol. The maximum atomic E-state index is 11.0. The summed E-state index contributed by atoms with van der Waals surface area (Å²) in [4.78, 5) is 11.0. The standard InChI is InChI=1S/C9H14O/c1-4-9(10)8-5-7(8)6(2)3/h7-8H,2,4-5H2,1,3H3/t7-,8+/m1/s1. The second kappa shape index (κ2) is 2.57. The van der Waals surface area contributed by atoms with E-state index in [9.17, 15) is 4.79 Å². The fourth-order valence-electron chi connectivity index (χ4n) is 1.36. The SMILES string of the molecule is C=C(C)[C@H]1C[C@@H]1C(=O)CC. The van der Waals surface area contributed by atoms with Gasteiger partial charge in [0, 0.05) is 12.3 Å². The maximum absolute atomic E-state index is 11.0. The van der Waals surface area contributed by atoms with Gasteiger partial charge < -0.3 is 0 Å². The highest BCUT2D eigenvalue weighted by Crippen LogP contribution is 2.44. The van der Waals surface area contributed by atoms with Crippen LogP contribution >= 0.6 is 0 Å². The first kappa shape index (κ1) is 7.52. The summed E-state index contributed by atoms with van der Waals surface area (Å²) in [6.45, 7) is 7.77. The van der Waals surface area contributed by atoms with Crippen LogP contribution in [0.1, 0.15) is 26.7 Å². The molecule has 1 saturated carbocycles. The van der Waals surface area contributed by atoms with E-state index in [0.717, 1.165) is 6.42 Å². The van der Waals surface area contributed by atoms with Gasteiger partial charge in [-0.05, 0) is 19.3 Å². The summed E-state index contributed by atoms with van der Waals surface area (Å²) >= 11 is 0. The van der Waals surface area contributed by atoms with Crippen molar-refractivity contribution in [3.63, 3.8) is 0 Å². The van der Waals surface area contributed by atoms with Crippen LogP contribution in [0.5, 0.6) is 0 Å². The number of carbonyl (C=O) groups excluding carboxylic acids is 1. The third-order valence-electron chi connectivity index (χ3n) is 2.19. The lowest BCUT2D eigenvalue weighted by molar-refractivity contribution is -0.120. The summed E-state index contributed by atoms with van der Waals surface area (Å²) < 4.78 is 0. The van der Waals surface area contributed by atoms with Gasteiger partial charge in [0.1, 0.15) is 5.78 Å². The summed E-state index contributed by atoms with van der Waals surface area (Å²) in [5.74, 6) is 1.27. The first-order valence-corrected chi connectivity index (χ1v) is 3.85. The lowest BCUT2D eigenvalue weighted by Crippen LogP contribution is -1.99. The normalized spacial score (nSPS) is 29.8. The molecule has 0 heterocycles. The van der Waals surface area contributed by atoms with Crippen LogP contribution in [0.25, 0.3) is 0 Å². The molecule has 0 saturated heterocycles. The maximum Gasteiger partial charge on any atom is 0.136 e. The molecule has 1 nitrogen and oxygen atoms in total. The van der Waals surface area contributed by atoms with E-state index in [2.05, 4.69) is 6.58 Å². The van der Waals surface area contributed by atoms with Crippen LogP contribution < -0.4 is 0 Å². The number of rotatable bonds is 3. The van der Waals surface area contributed by atoms with E-state index in [1.807, 2.05) is 13.8 Å². The molecule has 1 aliphatic rings. The molecule has 0 aromatic carbocycles. The van der Waals surface area contributed by atoms with Crippen molar-refractivity contribution in [1.29, 1.82) is 0 Å². The second-order valence-electron chi connectivity index (χ2n) is 3.11. The van der Waals surface area contributed by atoms with Gasteiger partial charge in [-0.2, -0.15) is 0 Å². The lowest BCUT2D eigenvalue weighted by atomic mass is 10.1. The topological polar surface area (TPSA) is 17.1 Å². The second-order valence-corrected chi connectivity index (χ2v) is 3.11. The molecule has 0 aliphatic heterocycles. The zero-order valence-corrected chi connectivity index (χ0v) is 6.68. The Balaban J connectivity index is 2.38. The summed E-state index contributed by atoms with van der Waals surface area (Å²) in [7, 11) is 0. The monoisotopic (exact) mass is 138 g/mol. The third kappa shape index (κ3) is 1.28. The van der Waals surface area contributed by atoms with E-state index in [0.29, 0.717) is 24.0 Å². The molecule has 0 radical (unpaired) electrons. The Morgan fingerprint density at radius 1 is 1.60 bits per heavy atom. The number of allylic oxidation sites excluding steroid dienone is 1. The third-order valence-corrected chi connectivity index (χ3v) is 2.19. The molecule has 1 rings (SSSR count). The predicted molar refractivity (Wildman–Crippen MR) is 41.7 cm³/mol. The van der Waals surface area contributed by atoms with E-state index in [1.54, 1.807) is 0 Å². The Hall–Kier alpha value is -0.590. The van der Waals surface area contributed by atoms with Gasteiger partial charge in [-0.25, -0.2) is 0 Å². The zero-order valence-electron chi connectivity index (χ0n) is 6.68. The molecule has 2 atom stereocenters. The first-order chi connectivity index (χ1) is 4.66. The van der Waals surface area contributed by atoms with Gasteiger partial charge in [-0.3, -0.25) is 4.79 Å². The largest absolute Gasteiger partial charge is 0.299 e. The zero-order chi connectivity index (χ0) is 7.72. The fraction of sp³-hybridized carbons (Fsp3) is 0.667. The lowest BCUT2D eigenvalue weighted by Gasteiger charge is -1.94. The molecule has 0 N–H and O–H groups in total. The van der Waals surface area contributed by atoms with Crippen molar-refractivity contribution in [3.8, 4) is 0 Å². The van der Waals surface area contributed by atoms with Crippen LogP contribution in [0.4, 0.5) is 0 Å². The molecule has 0 amide bonds. The number of carbonyl (C=O) groups is 1. The Bertz CT molecular complexity index is 170. The Morgan fingerprint density at radius 2 is 2.20 bits per heavy atom. The van der Waals surface area contributed by atoms with Crippen molar-refractivity contribution >= 4 is 5.78 Å². The Labute approximate surface area is 62.1 Å². The van der Waals surface area contributed by atoms with Gasteiger partial charge in [-0.15, -0.1) is 0 Å². The molecule has 1 fully saturated rings. The van der Waals surface area contributed by atoms with E-state index in [4.69, 9.17) is 0 Å². The highest BCUT2D eigenvalue weighted by atomic mass is 16.1. The van der Waals surface area contributed by atoms with Gasteiger partial charge in [0.05, 0.1) is 0 Å². The molecule has 1 aliphatic carbocycles. The predicted octanol–water partition coefficient (Wildman–Crippen LogP) is 2.18. The van der Waals surface area contributed by atoms with Crippen molar-refractivity contribution in [2.45, 2.75) is 26.7 Å². The summed E-state index contributed by atoms with van der Waals surface area (Å²) in [6, 6.07) is 0. The van der Waals surface area contributed by atoms with Crippen molar-refractivity contribution in [2.75, 3.05) is 0 Å². The molecule has 56 valence electrons. The van der Waals surface area contributed by atoms with Gasteiger partial charge in [0.15, 0.2) is 0 Å². The Kier molecular flexibility index (Phi) is 1.93. The molecule has 0 spiro atoms. The fourth-order valence-corrected chi connectivity index (χ4v) is 1.36. The Morgan fingerprint density at radius 3 is 2.50 bits per heavy atom. The molecule has 10 heavy (non-hydrogen) atoms. The highest BCUT2D eigenvalue weighted by molar-refractivity contribution is 5.84. The van der Waals surface area contributed by atoms with Gasteiger partial charge in [0.2, 0.25) is 0 Å². The van der Waals surface area contributed by atoms with Crippen LogP contribution in [0.3, 0.4) is 0 Å². The van der Waals surface area contributed by atoms with Crippen molar-refractivity contribution in [3.05, 3.63) is 12.2 Å². The molecule has 0 bridgehead atoms. The van der Waals surface area contributed by atoms with Crippen LogP contribution in [0, 0.1) is 11.8 Å². The minimum atomic E-state index is 0.336. The minimum Gasteiger partial charge on any atom is -0.299 e. The highest BCUT2D eigenvalue weighted by Gasteiger charge is 2.41. The first-order valence-electron chi connectivity index (χ1n) is 3.85. The number of hydrogen-bond acceptors (Lipinski definition) is 1. The van der Waals surface area contributed by atoms with Crippen molar-refractivity contribution < 1.29 is 4.79 Å². The van der Waals surface area contributed by atoms with Crippen LogP contribution in [0.2, 0.25) is 0 Å². The van der Waals surface area contributed by atoms with Gasteiger partial charge >= 0.3 is 0 Å². The van der Waals surface area contributed by atoms with E-state index in [-0.39, 0.29) is 0 Å². The average Bonchev–Trinajstić information content (AvgIpc) is 2.64. The van der Waals surface area contributed by atoms with Crippen molar-refractivity contribution in [1.82, 2.24) is 0 Å². The molecule has 0 aromatic heterocycles. The molecule has 0 aromatic rings.